The van der Waals surface area contributed by atoms with Crippen molar-refractivity contribution in [3.05, 3.63) is 30.0 Å². The molecule has 2 rings (SSSR count). The number of amides is 1. The summed E-state index contributed by atoms with van der Waals surface area (Å²) in [6, 6.07) is 4.75. The maximum Gasteiger partial charge on any atom is 0.408 e. The molecule has 9 nitrogen and oxygen atoms in total. The fourth-order valence-corrected chi connectivity index (χ4v) is 2.95. The molecule has 178 valence electrons. The Balaban J connectivity index is 0.00000161. The molecule has 1 amide bonds. The molecule has 32 heavy (non-hydrogen) atoms. The van der Waals surface area contributed by atoms with Gasteiger partial charge in [0, 0.05) is 23.6 Å². The van der Waals surface area contributed by atoms with Crippen molar-refractivity contribution >= 4 is 29.4 Å². The Morgan fingerprint density at radius 1 is 1.25 bits per heavy atom. The predicted octanol–water partition coefficient (Wildman–Crippen LogP) is 3.43. The predicted molar refractivity (Wildman–Crippen MR) is 123 cm³/mol. The Hall–Kier alpha value is -3.07. The van der Waals surface area contributed by atoms with Crippen LogP contribution < -0.4 is 10.1 Å². The molecule has 3 N–H and O–H groups in total. The number of rotatable bonds is 7. The molecule has 0 aliphatic rings. The van der Waals surface area contributed by atoms with E-state index in [1.54, 1.807) is 26.8 Å². The van der Waals surface area contributed by atoms with Crippen LogP contribution in [-0.2, 0) is 20.7 Å². The molecule has 0 aliphatic heterocycles. The van der Waals surface area contributed by atoms with Gasteiger partial charge in [-0.15, -0.1) is 0 Å². The number of carboxylic acid groups (broad SMARTS) is 1. The van der Waals surface area contributed by atoms with Crippen LogP contribution in [0.3, 0.4) is 0 Å². The van der Waals surface area contributed by atoms with E-state index in [2.05, 4.69) is 15.2 Å². The highest BCUT2D eigenvalue weighted by Crippen LogP contribution is 2.30. The Kier molecular flexibility index (Phi) is 10.2. The third-order valence-electron chi connectivity index (χ3n) is 4.38. The summed E-state index contributed by atoms with van der Waals surface area (Å²) in [6.07, 6.45) is 2.13. The lowest BCUT2D eigenvalue weighted by Crippen LogP contribution is -2.48. The monoisotopic (exact) mass is 449 g/mol. The zero-order valence-corrected chi connectivity index (χ0v) is 19.9. The molecule has 0 bridgehead atoms. The molecular formula is C23H35N3O6. The van der Waals surface area contributed by atoms with Gasteiger partial charge >= 0.3 is 12.1 Å². The Bertz CT molecular complexity index is 899. The molecule has 1 atom stereocenters. The summed E-state index contributed by atoms with van der Waals surface area (Å²) in [7, 11) is 4.04. The van der Waals surface area contributed by atoms with Crippen molar-refractivity contribution < 1.29 is 29.0 Å². The molecule has 0 saturated heterocycles. The summed E-state index contributed by atoms with van der Waals surface area (Å²) in [6.45, 7) is 9.65. The average molecular weight is 450 g/mol. The second-order valence-electron chi connectivity index (χ2n) is 8.94. The van der Waals surface area contributed by atoms with Gasteiger partial charge in [-0.05, 0) is 64.9 Å². The number of likely N-dealkylation sites (N-methyl/N-ethyl adjacent to an activating group) is 1. The van der Waals surface area contributed by atoms with E-state index >= 15 is 0 Å². The van der Waals surface area contributed by atoms with Gasteiger partial charge in [0.05, 0.1) is 0 Å². The van der Waals surface area contributed by atoms with Crippen molar-refractivity contribution in [3.8, 4) is 5.75 Å². The minimum Gasteiger partial charge on any atom is -0.483 e. The highest BCUT2D eigenvalue weighted by Gasteiger charge is 2.29. The smallest absolute Gasteiger partial charge is 0.408 e. The third-order valence-corrected chi connectivity index (χ3v) is 4.38. The molecule has 0 aliphatic carbocycles. The lowest BCUT2D eigenvalue weighted by Gasteiger charge is -2.24. The van der Waals surface area contributed by atoms with Gasteiger partial charge in [-0.2, -0.15) is 0 Å². The van der Waals surface area contributed by atoms with Gasteiger partial charge in [-0.1, -0.05) is 19.9 Å². The maximum atomic E-state index is 12.9. The first-order chi connectivity index (χ1) is 14.9. The number of nitrogens with zero attached hydrogens (tertiary/aromatic N) is 1. The fourth-order valence-electron chi connectivity index (χ4n) is 2.95. The number of H-pyrrole nitrogens is 1. The van der Waals surface area contributed by atoms with Crippen LogP contribution in [0.15, 0.2) is 24.4 Å². The topological polar surface area (TPSA) is 121 Å². The van der Waals surface area contributed by atoms with Gasteiger partial charge in [-0.25, -0.2) is 9.59 Å². The molecule has 0 spiro atoms. The summed E-state index contributed by atoms with van der Waals surface area (Å²) in [5.41, 5.74) is 1.34. The number of aromatic nitrogens is 1. The van der Waals surface area contributed by atoms with Crippen LogP contribution in [0.2, 0.25) is 0 Å². The van der Waals surface area contributed by atoms with Crippen molar-refractivity contribution in [2.75, 3.05) is 20.6 Å². The fraction of sp³-hybridized carbons (Fsp3) is 0.522. The molecule has 0 saturated carbocycles. The van der Waals surface area contributed by atoms with Crippen molar-refractivity contribution in [2.45, 2.75) is 52.7 Å². The van der Waals surface area contributed by atoms with Gasteiger partial charge in [0.2, 0.25) is 0 Å². The van der Waals surface area contributed by atoms with E-state index < -0.39 is 23.7 Å². The number of carbonyl (C=O) groups excluding carboxylic acids is 2. The number of fused-ring (bicyclic) bond motifs is 1. The standard InChI is InChI=1S/C22H33N3O4.CH2O2/c1-14(2)19(24-21(27)29-22(3,4)5)20(26)28-17-10-8-9-16-18(17)15(13-23-16)11-12-25(6)7;2-1-3/h8-10,13-14,19,23H,11-12H2,1-7H3,(H,24,27);1H,(H,2,3)/t19-;/m0./s1. The Morgan fingerprint density at radius 2 is 1.88 bits per heavy atom. The zero-order valence-electron chi connectivity index (χ0n) is 19.9. The lowest BCUT2D eigenvalue weighted by molar-refractivity contribution is -0.137. The Labute approximate surface area is 189 Å². The molecule has 9 heteroatoms. The van der Waals surface area contributed by atoms with Crippen molar-refractivity contribution in [1.29, 1.82) is 0 Å². The quantitative estimate of drug-likeness (QED) is 0.336. The normalized spacial score (nSPS) is 12.2. The van der Waals surface area contributed by atoms with E-state index in [0.29, 0.717) is 5.75 Å². The van der Waals surface area contributed by atoms with E-state index in [9.17, 15) is 9.59 Å². The first kappa shape index (κ1) is 27.0. The second-order valence-corrected chi connectivity index (χ2v) is 8.94. The minimum atomic E-state index is -0.815. The number of benzene rings is 1. The molecule has 0 radical (unpaired) electrons. The number of hydrogen-bond donors (Lipinski definition) is 3. The van der Waals surface area contributed by atoms with Crippen LogP contribution in [0.25, 0.3) is 10.9 Å². The van der Waals surface area contributed by atoms with E-state index in [-0.39, 0.29) is 12.4 Å². The number of ether oxygens (including phenoxy) is 2. The summed E-state index contributed by atoms with van der Waals surface area (Å²) in [5.74, 6) is -0.189. The first-order valence-electron chi connectivity index (χ1n) is 10.4. The van der Waals surface area contributed by atoms with Crippen LogP contribution in [0.4, 0.5) is 4.79 Å². The van der Waals surface area contributed by atoms with E-state index in [1.165, 1.54) is 0 Å². The molecular weight excluding hydrogens is 414 g/mol. The lowest BCUT2D eigenvalue weighted by atomic mass is 10.0. The average Bonchev–Trinajstić information content (AvgIpc) is 3.07. The summed E-state index contributed by atoms with van der Waals surface area (Å²) < 4.78 is 11.0. The van der Waals surface area contributed by atoms with Gasteiger partial charge < -0.3 is 29.8 Å². The van der Waals surface area contributed by atoms with Crippen molar-refractivity contribution in [2.24, 2.45) is 5.92 Å². The maximum absolute atomic E-state index is 12.9. The number of aromatic amines is 1. The van der Waals surface area contributed by atoms with E-state index in [1.807, 2.05) is 46.3 Å². The van der Waals surface area contributed by atoms with Gasteiger partial charge in [-0.3, -0.25) is 4.79 Å². The zero-order chi connectivity index (χ0) is 24.5. The third kappa shape index (κ3) is 8.58. The highest BCUT2D eigenvalue weighted by molar-refractivity contribution is 5.92. The van der Waals surface area contributed by atoms with Crippen molar-refractivity contribution in [3.63, 3.8) is 0 Å². The van der Waals surface area contributed by atoms with Gasteiger partial charge in [0.15, 0.2) is 0 Å². The van der Waals surface area contributed by atoms with Crippen LogP contribution in [0.1, 0.15) is 40.2 Å². The second kappa shape index (κ2) is 12.1. The molecule has 2 aromatic rings. The first-order valence-corrected chi connectivity index (χ1v) is 10.4. The van der Waals surface area contributed by atoms with Crippen LogP contribution in [0, 0.1) is 5.92 Å². The van der Waals surface area contributed by atoms with Crippen molar-refractivity contribution in [1.82, 2.24) is 15.2 Å². The minimum absolute atomic E-state index is 0.159. The van der Waals surface area contributed by atoms with Crippen LogP contribution >= 0.6 is 0 Å². The summed E-state index contributed by atoms with van der Waals surface area (Å²) in [5, 5.41) is 10.4. The number of hydrogen-bond acceptors (Lipinski definition) is 6. The number of esters is 1. The van der Waals surface area contributed by atoms with Gasteiger partial charge in [0.1, 0.15) is 17.4 Å². The molecule has 1 aromatic heterocycles. The van der Waals surface area contributed by atoms with Crippen LogP contribution in [-0.4, -0.2) is 65.8 Å². The molecule has 0 fully saturated rings. The summed E-state index contributed by atoms with van der Waals surface area (Å²) in [4.78, 5) is 38.7. The molecule has 0 unspecified atom stereocenters. The van der Waals surface area contributed by atoms with E-state index in [0.717, 1.165) is 29.4 Å². The number of nitrogens with one attached hydrogen (secondary N) is 2. The largest absolute Gasteiger partial charge is 0.483 e. The van der Waals surface area contributed by atoms with E-state index in [4.69, 9.17) is 19.4 Å². The van der Waals surface area contributed by atoms with Gasteiger partial charge in [0.25, 0.3) is 6.47 Å². The SMILES string of the molecule is CC(C)[C@H](NC(=O)OC(C)(C)C)C(=O)Oc1cccc2[nH]cc(CCN(C)C)c12.O=CO. The Morgan fingerprint density at radius 3 is 2.41 bits per heavy atom. The number of alkyl carbamates (subject to hydrolysis) is 1. The molecule has 1 heterocycles. The summed E-state index contributed by atoms with van der Waals surface area (Å²) >= 11 is 0. The number of carbonyl (C=O) groups is 3. The van der Waals surface area contributed by atoms with Crippen LogP contribution in [0.5, 0.6) is 5.75 Å². The molecule has 1 aromatic carbocycles. The highest BCUT2D eigenvalue weighted by atomic mass is 16.6.